The predicted octanol–water partition coefficient (Wildman–Crippen LogP) is 0.133. The molecular formula is C10H16N2O2. The third-order valence-electron chi connectivity index (χ3n) is 3.06. The van der Waals surface area contributed by atoms with Crippen LogP contribution in [0, 0.1) is 5.41 Å². The number of imide groups is 1. The molecule has 0 aromatic carbocycles. The molecule has 1 N–H and O–H groups in total. The quantitative estimate of drug-likeness (QED) is 0.607. The largest absolute Gasteiger partial charge is 0.315 e. The van der Waals surface area contributed by atoms with Crippen molar-refractivity contribution in [2.45, 2.75) is 32.7 Å². The molecule has 0 aromatic heterocycles. The summed E-state index contributed by atoms with van der Waals surface area (Å²) in [7, 11) is 0. The first-order chi connectivity index (χ1) is 6.52. The minimum Gasteiger partial charge on any atom is -0.315 e. The molecule has 0 aromatic rings. The predicted molar refractivity (Wildman–Crippen MR) is 51.5 cm³/mol. The lowest BCUT2D eigenvalue weighted by molar-refractivity contribution is -0.143. The molecule has 0 saturated carbocycles. The van der Waals surface area contributed by atoms with Crippen LogP contribution in [0.4, 0.5) is 0 Å². The topological polar surface area (TPSA) is 49.4 Å². The van der Waals surface area contributed by atoms with Crippen LogP contribution in [-0.4, -0.2) is 35.8 Å². The smallest absolute Gasteiger partial charge is 0.235 e. The number of carbonyl (C=O) groups excluding carboxylic acids is 2. The van der Waals surface area contributed by atoms with Crippen molar-refractivity contribution in [3.63, 3.8) is 0 Å². The van der Waals surface area contributed by atoms with Crippen molar-refractivity contribution in [2.24, 2.45) is 5.41 Å². The van der Waals surface area contributed by atoms with Crippen molar-refractivity contribution in [3.8, 4) is 0 Å². The van der Waals surface area contributed by atoms with Crippen LogP contribution >= 0.6 is 0 Å². The highest BCUT2D eigenvalue weighted by Gasteiger charge is 2.47. The van der Waals surface area contributed by atoms with Crippen LogP contribution in [0.1, 0.15) is 26.7 Å². The van der Waals surface area contributed by atoms with Crippen molar-refractivity contribution >= 4 is 11.8 Å². The zero-order valence-corrected chi connectivity index (χ0v) is 8.67. The van der Waals surface area contributed by atoms with Crippen LogP contribution in [-0.2, 0) is 9.59 Å². The summed E-state index contributed by atoms with van der Waals surface area (Å²) in [6.07, 6.45) is 1.26. The summed E-state index contributed by atoms with van der Waals surface area (Å²) in [6.45, 7) is 5.35. The van der Waals surface area contributed by atoms with Crippen LogP contribution in [0.3, 0.4) is 0 Å². The van der Waals surface area contributed by atoms with Crippen molar-refractivity contribution in [3.05, 3.63) is 0 Å². The third-order valence-corrected chi connectivity index (χ3v) is 3.06. The van der Waals surface area contributed by atoms with Gasteiger partial charge in [-0.1, -0.05) is 13.8 Å². The molecule has 0 radical (unpaired) electrons. The zero-order valence-electron chi connectivity index (χ0n) is 8.67. The summed E-state index contributed by atoms with van der Waals surface area (Å²) in [5.74, 6) is -0.00935. The second-order valence-corrected chi connectivity index (χ2v) is 4.78. The van der Waals surface area contributed by atoms with E-state index in [1.807, 2.05) is 13.8 Å². The van der Waals surface area contributed by atoms with Gasteiger partial charge in [0.15, 0.2) is 0 Å². The first-order valence-corrected chi connectivity index (χ1v) is 5.09. The van der Waals surface area contributed by atoms with E-state index >= 15 is 0 Å². The molecule has 0 bridgehead atoms. The van der Waals surface area contributed by atoms with Gasteiger partial charge in [0.1, 0.15) is 0 Å². The second kappa shape index (κ2) is 3.05. The van der Waals surface area contributed by atoms with Crippen LogP contribution in [0.2, 0.25) is 0 Å². The van der Waals surface area contributed by atoms with Gasteiger partial charge < -0.3 is 5.32 Å². The molecule has 0 spiro atoms. The zero-order chi connectivity index (χ0) is 10.3. The van der Waals surface area contributed by atoms with E-state index in [0.717, 1.165) is 19.5 Å². The molecule has 2 amide bonds. The minimum absolute atomic E-state index is 0.00352. The maximum atomic E-state index is 11.9. The Bertz CT molecular complexity index is 280. The Labute approximate surface area is 83.6 Å². The Morgan fingerprint density at radius 3 is 2.57 bits per heavy atom. The minimum atomic E-state index is -0.486. The number of hydrogen-bond donors (Lipinski definition) is 1. The molecule has 2 heterocycles. The molecule has 2 aliphatic rings. The summed E-state index contributed by atoms with van der Waals surface area (Å²) in [6, 6.07) is 0.0942. The normalized spacial score (nSPS) is 31.6. The maximum Gasteiger partial charge on any atom is 0.235 e. The molecule has 1 atom stereocenters. The standard InChI is InChI=1S/C10H16N2O2/c1-10(2)5-8(13)12(9(10)14)7-3-4-11-6-7/h7,11H,3-6H2,1-2H3. The molecule has 2 rings (SSSR count). The first kappa shape index (κ1) is 9.65. The molecule has 4 nitrogen and oxygen atoms in total. The lowest BCUT2D eigenvalue weighted by atomic mass is 9.92. The average molecular weight is 196 g/mol. The van der Waals surface area contributed by atoms with E-state index < -0.39 is 5.41 Å². The van der Waals surface area contributed by atoms with Crippen molar-refractivity contribution in [1.29, 1.82) is 0 Å². The maximum absolute atomic E-state index is 11.9. The molecule has 14 heavy (non-hydrogen) atoms. The van der Waals surface area contributed by atoms with Crippen LogP contribution in [0.25, 0.3) is 0 Å². The van der Waals surface area contributed by atoms with E-state index in [9.17, 15) is 9.59 Å². The van der Waals surface area contributed by atoms with Crippen LogP contribution < -0.4 is 5.32 Å². The van der Waals surface area contributed by atoms with Gasteiger partial charge in [-0.25, -0.2) is 0 Å². The van der Waals surface area contributed by atoms with Crippen LogP contribution in [0.15, 0.2) is 0 Å². The fourth-order valence-electron chi connectivity index (χ4n) is 2.21. The van der Waals surface area contributed by atoms with Gasteiger partial charge in [0.2, 0.25) is 11.8 Å². The number of rotatable bonds is 1. The lowest BCUT2D eigenvalue weighted by Gasteiger charge is -2.23. The van der Waals surface area contributed by atoms with Crippen LogP contribution in [0.5, 0.6) is 0 Å². The second-order valence-electron chi connectivity index (χ2n) is 4.78. The van der Waals surface area contributed by atoms with Gasteiger partial charge in [0.05, 0.1) is 11.5 Å². The van der Waals surface area contributed by atoms with Gasteiger partial charge in [-0.2, -0.15) is 0 Å². The molecule has 78 valence electrons. The molecule has 2 saturated heterocycles. The van der Waals surface area contributed by atoms with E-state index in [1.54, 1.807) is 0 Å². The van der Waals surface area contributed by atoms with Crippen molar-refractivity contribution in [2.75, 3.05) is 13.1 Å². The Morgan fingerprint density at radius 1 is 1.43 bits per heavy atom. The lowest BCUT2D eigenvalue weighted by Crippen LogP contribution is -2.42. The Morgan fingerprint density at radius 2 is 2.14 bits per heavy atom. The molecular weight excluding hydrogens is 180 g/mol. The van der Waals surface area contributed by atoms with E-state index in [2.05, 4.69) is 5.32 Å². The summed E-state index contributed by atoms with van der Waals surface area (Å²) in [5, 5.41) is 3.17. The molecule has 2 fully saturated rings. The number of carbonyl (C=O) groups is 2. The van der Waals surface area contributed by atoms with E-state index in [1.165, 1.54) is 4.90 Å². The number of nitrogens with one attached hydrogen (secondary N) is 1. The van der Waals surface area contributed by atoms with Crippen molar-refractivity contribution < 1.29 is 9.59 Å². The highest BCUT2D eigenvalue weighted by atomic mass is 16.2. The summed E-state index contributed by atoms with van der Waals surface area (Å²) in [4.78, 5) is 25.0. The first-order valence-electron chi connectivity index (χ1n) is 5.09. The van der Waals surface area contributed by atoms with Crippen molar-refractivity contribution in [1.82, 2.24) is 10.2 Å². The fraction of sp³-hybridized carbons (Fsp3) is 0.800. The van der Waals surface area contributed by atoms with E-state index in [-0.39, 0.29) is 17.9 Å². The van der Waals surface area contributed by atoms with Gasteiger partial charge in [-0.3, -0.25) is 14.5 Å². The van der Waals surface area contributed by atoms with Gasteiger partial charge in [0, 0.05) is 13.0 Å². The van der Waals surface area contributed by atoms with Gasteiger partial charge >= 0.3 is 0 Å². The number of nitrogens with zero attached hydrogens (tertiary/aromatic N) is 1. The molecule has 4 heteroatoms. The monoisotopic (exact) mass is 196 g/mol. The average Bonchev–Trinajstić information content (AvgIpc) is 2.61. The number of amides is 2. The molecule has 0 aliphatic carbocycles. The fourth-order valence-corrected chi connectivity index (χ4v) is 2.21. The summed E-state index contributed by atoms with van der Waals surface area (Å²) >= 11 is 0. The van der Waals surface area contributed by atoms with Gasteiger partial charge in [-0.15, -0.1) is 0 Å². The van der Waals surface area contributed by atoms with Gasteiger partial charge in [0.25, 0.3) is 0 Å². The third kappa shape index (κ3) is 1.34. The summed E-state index contributed by atoms with van der Waals surface area (Å²) < 4.78 is 0. The Balaban J connectivity index is 2.19. The SMILES string of the molecule is CC1(C)CC(=O)N(C2CCNC2)C1=O. The molecule has 2 aliphatic heterocycles. The highest BCUT2D eigenvalue weighted by molar-refractivity contribution is 6.05. The Kier molecular flexibility index (Phi) is 2.10. The highest BCUT2D eigenvalue weighted by Crippen LogP contribution is 2.33. The number of likely N-dealkylation sites (tertiary alicyclic amines) is 1. The van der Waals surface area contributed by atoms with E-state index in [4.69, 9.17) is 0 Å². The van der Waals surface area contributed by atoms with E-state index in [0.29, 0.717) is 6.42 Å². The number of hydrogen-bond acceptors (Lipinski definition) is 3. The van der Waals surface area contributed by atoms with Gasteiger partial charge in [-0.05, 0) is 13.0 Å². The molecule has 1 unspecified atom stereocenters. The summed E-state index contributed by atoms with van der Waals surface area (Å²) in [5.41, 5.74) is -0.486. The Hall–Kier alpha value is -0.900.